The molecule has 0 heterocycles. The molecule has 0 aliphatic heterocycles. The quantitative estimate of drug-likeness (QED) is 0.584. The highest BCUT2D eigenvalue weighted by Gasteiger charge is 2.30. The van der Waals surface area contributed by atoms with E-state index in [0.29, 0.717) is 22.4 Å². The lowest BCUT2D eigenvalue weighted by Gasteiger charge is -2.35. The van der Waals surface area contributed by atoms with E-state index in [2.05, 4.69) is 24.5 Å². The number of benzene rings is 1. The summed E-state index contributed by atoms with van der Waals surface area (Å²) in [4.78, 5) is 36.2. The Balaban J connectivity index is 1.93. The fourth-order valence-corrected chi connectivity index (χ4v) is 3.80. The first-order chi connectivity index (χ1) is 13.7. The zero-order valence-electron chi connectivity index (χ0n) is 17.1. The van der Waals surface area contributed by atoms with E-state index in [-0.39, 0.29) is 18.4 Å². The molecule has 0 radical (unpaired) electrons. The first-order valence-corrected chi connectivity index (χ1v) is 10.4. The molecule has 0 bridgehead atoms. The summed E-state index contributed by atoms with van der Waals surface area (Å²) in [6, 6.07) is 5.35. The van der Waals surface area contributed by atoms with Gasteiger partial charge in [0.15, 0.2) is 6.10 Å². The third kappa shape index (κ3) is 6.92. The lowest BCUT2D eigenvalue weighted by atomic mass is 9.78. The number of rotatable bonds is 7. The molecular formula is C21H30ClN3O4. The molecule has 8 heteroatoms. The van der Waals surface area contributed by atoms with Gasteiger partial charge in [-0.1, -0.05) is 50.4 Å². The lowest BCUT2D eigenvalue weighted by molar-refractivity contribution is -0.155. The molecule has 5 atom stereocenters. The van der Waals surface area contributed by atoms with E-state index in [0.717, 1.165) is 19.3 Å². The van der Waals surface area contributed by atoms with Crippen LogP contribution in [0.5, 0.6) is 0 Å². The number of hydrogen-bond acceptors (Lipinski definition) is 4. The van der Waals surface area contributed by atoms with E-state index < -0.39 is 24.1 Å². The average molecular weight is 424 g/mol. The zero-order chi connectivity index (χ0) is 21.6. The van der Waals surface area contributed by atoms with Gasteiger partial charge < -0.3 is 21.1 Å². The number of ether oxygens (including phenoxy) is 1. The van der Waals surface area contributed by atoms with Crippen molar-refractivity contribution >= 4 is 29.5 Å². The number of carbonyl (C=O) groups is 3. The van der Waals surface area contributed by atoms with E-state index in [4.69, 9.17) is 22.1 Å². The van der Waals surface area contributed by atoms with Gasteiger partial charge in [-0.05, 0) is 42.9 Å². The van der Waals surface area contributed by atoms with E-state index in [1.165, 1.54) is 0 Å². The van der Waals surface area contributed by atoms with E-state index in [9.17, 15) is 14.4 Å². The second-order valence-corrected chi connectivity index (χ2v) is 8.27. The van der Waals surface area contributed by atoms with Crippen molar-refractivity contribution < 1.29 is 19.1 Å². The topological polar surface area (TPSA) is 111 Å². The minimum atomic E-state index is -0.925. The van der Waals surface area contributed by atoms with Crippen LogP contribution in [-0.2, 0) is 14.3 Å². The van der Waals surface area contributed by atoms with Gasteiger partial charge in [0, 0.05) is 11.1 Å². The predicted octanol–water partition coefficient (Wildman–Crippen LogP) is 3.31. The van der Waals surface area contributed by atoms with Gasteiger partial charge in [-0.15, -0.1) is 0 Å². The zero-order valence-corrected chi connectivity index (χ0v) is 17.9. The van der Waals surface area contributed by atoms with Gasteiger partial charge in [-0.2, -0.15) is 0 Å². The highest BCUT2D eigenvalue weighted by molar-refractivity contribution is 6.30. The van der Waals surface area contributed by atoms with Crippen LogP contribution in [-0.4, -0.2) is 30.1 Å². The van der Waals surface area contributed by atoms with Crippen molar-refractivity contribution in [3.63, 3.8) is 0 Å². The molecule has 1 aromatic rings. The van der Waals surface area contributed by atoms with Crippen LogP contribution in [0.3, 0.4) is 0 Å². The van der Waals surface area contributed by atoms with E-state index in [1.54, 1.807) is 31.2 Å². The molecule has 3 amide bonds. The lowest BCUT2D eigenvalue weighted by Crippen LogP contribution is -2.47. The Bertz CT molecular complexity index is 725. The largest absolute Gasteiger partial charge is 0.452 e. The number of halogens is 1. The molecule has 0 saturated heterocycles. The minimum absolute atomic E-state index is 0.0887. The van der Waals surface area contributed by atoms with Crippen molar-refractivity contribution in [3.8, 4) is 0 Å². The molecule has 7 nitrogen and oxygen atoms in total. The van der Waals surface area contributed by atoms with Crippen LogP contribution in [0.15, 0.2) is 24.3 Å². The Morgan fingerprint density at radius 1 is 1.21 bits per heavy atom. The minimum Gasteiger partial charge on any atom is -0.452 e. The number of primary amides is 1. The van der Waals surface area contributed by atoms with Crippen molar-refractivity contribution in [1.29, 1.82) is 0 Å². The van der Waals surface area contributed by atoms with Gasteiger partial charge in [0.25, 0.3) is 5.91 Å². The van der Waals surface area contributed by atoms with Gasteiger partial charge in [0.1, 0.15) is 0 Å². The molecule has 1 fully saturated rings. The molecule has 1 saturated carbocycles. The fourth-order valence-electron chi connectivity index (χ4n) is 3.67. The van der Waals surface area contributed by atoms with Gasteiger partial charge in [0.05, 0.1) is 12.5 Å². The Kier molecular flexibility index (Phi) is 8.32. The second kappa shape index (κ2) is 10.5. The normalized spacial score (nSPS) is 23.5. The van der Waals surface area contributed by atoms with Crippen LogP contribution >= 0.6 is 11.6 Å². The summed E-state index contributed by atoms with van der Waals surface area (Å²) in [5.74, 6) is 0.0122. The predicted molar refractivity (Wildman–Crippen MR) is 111 cm³/mol. The Morgan fingerprint density at radius 3 is 2.48 bits per heavy atom. The van der Waals surface area contributed by atoms with Gasteiger partial charge in [-0.3, -0.25) is 9.59 Å². The van der Waals surface area contributed by atoms with Crippen LogP contribution in [0.4, 0.5) is 4.79 Å². The summed E-state index contributed by atoms with van der Waals surface area (Å²) in [5, 5.41) is 6.06. The van der Waals surface area contributed by atoms with Gasteiger partial charge >= 0.3 is 12.0 Å². The van der Waals surface area contributed by atoms with Crippen LogP contribution < -0.4 is 16.4 Å². The highest BCUT2D eigenvalue weighted by atomic mass is 35.5. The maximum Gasteiger partial charge on any atom is 0.312 e. The second-order valence-electron chi connectivity index (χ2n) is 7.83. The van der Waals surface area contributed by atoms with E-state index in [1.807, 2.05) is 0 Å². The highest BCUT2D eigenvalue weighted by Crippen LogP contribution is 2.29. The van der Waals surface area contributed by atoms with Crippen molar-refractivity contribution in [2.24, 2.45) is 17.6 Å². The number of esters is 1. The average Bonchev–Trinajstić information content (AvgIpc) is 2.65. The third-order valence-corrected chi connectivity index (χ3v) is 5.92. The van der Waals surface area contributed by atoms with Crippen molar-refractivity contribution in [1.82, 2.24) is 10.6 Å². The molecule has 2 rings (SSSR count). The number of nitrogens with two attached hydrogens (primary N) is 1. The monoisotopic (exact) mass is 423 g/mol. The number of urea groups is 1. The van der Waals surface area contributed by atoms with Gasteiger partial charge in [0.2, 0.25) is 0 Å². The fraction of sp³-hybridized carbons (Fsp3) is 0.571. The summed E-state index contributed by atoms with van der Waals surface area (Å²) in [5.41, 5.74) is 5.88. The Morgan fingerprint density at radius 2 is 1.86 bits per heavy atom. The van der Waals surface area contributed by atoms with Crippen molar-refractivity contribution in [3.05, 3.63) is 34.9 Å². The summed E-state index contributed by atoms with van der Waals surface area (Å²) in [7, 11) is 0. The molecule has 1 aliphatic carbocycles. The standard InChI is InChI=1S/C21H30ClN3O4/c1-12-5-4-6-17(13(12)2)24-20(27)14(3)29-19(26)11-18(25-21(23)28)15-7-9-16(22)10-8-15/h7-10,12-14,17-18H,4-6,11H2,1-3H3,(H,24,27)(H3,23,25,28)/t12-,13+,14+,17-,18-/m0/s1. The molecule has 0 spiro atoms. The van der Waals surface area contributed by atoms with Crippen LogP contribution in [0.1, 0.15) is 58.1 Å². The smallest absolute Gasteiger partial charge is 0.312 e. The Labute approximate surface area is 176 Å². The molecule has 0 unspecified atom stereocenters. The molecule has 1 aromatic carbocycles. The van der Waals surface area contributed by atoms with E-state index >= 15 is 0 Å². The number of hydrogen-bond donors (Lipinski definition) is 3. The molecule has 29 heavy (non-hydrogen) atoms. The molecular weight excluding hydrogens is 394 g/mol. The maximum atomic E-state index is 12.5. The SMILES string of the molecule is C[C@H]1[C@@H](NC(=O)[C@@H](C)OC(=O)C[C@H](NC(N)=O)c2ccc(Cl)cc2)CCC[C@@H]1C. The van der Waals surface area contributed by atoms with Crippen LogP contribution in [0, 0.1) is 11.8 Å². The summed E-state index contributed by atoms with van der Waals surface area (Å²) in [6.45, 7) is 5.87. The van der Waals surface area contributed by atoms with Crippen molar-refractivity contribution in [2.75, 3.05) is 0 Å². The first-order valence-electron chi connectivity index (χ1n) is 9.98. The summed E-state index contributed by atoms with van der Waals surface area (Å²) < 4.78 is 5.30. The molecule has 4 N–H and O–H groups in total. The van der Waals surface area contributed by atoms with Crippen LogP contribution in [0.2, 0.25) is 5.02 Å². The number of nitrogens with one attached hydrogen (secondary N) is 2. The number of carbonyl (C=O) groups excluding carboxylic acids is 3. The third-order valence-electron chi connectivity index (χ3n) is 5.67. The van der Waals surface area contributed by atoms with Crippen molar-refractivity contribution in [2.45, 2.75) is 64.6 Å². The molecule has 0 aromatic heterocycles. The maximum absolute atomic E-state index is 12.5. The molecule has 160 valence electrons. The number of amides is 3. The summed E-state index contributed by atoms with van der Waals surface area (Å²) >= 11 is 5.88. The Hall–Kier alpha value is -2.28. The molecule has 1 aliphatic rings. The van der Waals surface area contributed by atoms with Gasteiger partial charge in [-0.25, -0.2) is 4.79 Å². The first kappa shape index (κ1) is 23.0. The van der Waals surface area contributed by atoms with Crippen LogP contribution in [0.25, 0.3) is 0 Å². The summed E-state index contributed by atoms with van der Waals surface area (Å²) in [6.07, 6.45) is 2.09.